The number of anilines is 1. The Hall–Kier alpha value is -1.55. The molecule has 0 bridgehead atoms. The third-order valence-electron chi connectivity index (χ3n) is 2.89. The smallest absolute Gasteiger partial charge is 0.310 e. The molecule has 1 aromatic rings. The van der Waals surface area contributed by atoms with Gasteiger partial charge in [-0.3, -0.25) is 4.79 Å². The first-order chi connectivity index (χ1) is 8.25. The average Bonchev–Trinajstić information content (AvgIpc) is 2.82. The summed E-state index contributed by atoms with van der Waals surface area (Å²) in [7, 11) is 0. The van der Waals surface area contributed by atoms with Crippen LogP contribution >= 0.6 is 0 Å². The van der Waals surface area contributed by atoms with Crippen LogP contribution in [-0.4, -0.2) is 25.8 Å². The highest BCUT2D eigenvalue weighted by molar-refractivity contribution is 5.74. The molecular weight excluding hydrogens is 218 g/mol. The van der Waals surface area contributed by atoms with Gasteiger partial charge in [-0.1, -0.05) is 18.2 Å². The minimum Gasteiger partial charge on any atom is -0.465 e. The third kappa shape index (κ3) is 3.46. The van der Waals surface area contributed by atoms with Gasteiger partial charge in [0.2, 0.25) is 0 Å². The maximum absolute atomic E-state index is 11.6. The average molecular weight is 235 g/mol. The molecule has 1 heterocycles. The summed E-state index contributed by atoms with van der Waals surface area (Å²) >= 11 is 0. The van der Waals surface area contributed by atoms with Gasteiger partial charge in [-0.2, -0.15) is 0 Å². The number of rotatable bonds is 4. The van der Waals surface area contributed by atoms with Crippen LogP contribution in [0.25, 0.3) is 0 Å². The first kappa shape index (κ1) is 11.9. The quantitative estimate of drug-likeness (QED) is 0.633. The lowest BCUT2D eigenvalue weighted by atomic mass is 10.1. The summed E-state index contributed by atoms with van der Waals surface area (Å²) < 4.78 is 10.4. The molecule has 1 aliphatic heterocycles. The Labute approximate surface area is 101 Å². The van der Waals surface area contributed by atoms with Gasteiger partial charge in [-0.05, 0) is 18.1 Å². The van der Waals surface area contributed by atoms with Gasteiger partial charge in [-0.25, -0.2) is 0 Å². The molecule has 0 aliphatic carbocycles. The van der Waals surface area contributed by atoms with Crippen molar-refractivity contribution in [2.24, 2.45) is 5.92 Å². The molecule has 4 heteroatoms. The van der Waals surface area contributed by atoms with Gasteiger partial charge in [0.25, 0.3) is 0 Å². The summed E-state index contributed by atoms with van der Waals surface area (Å²) in [6.45, 7) is 1.92. The molecule has 0 saturated carbocycles. The number of carbonyl (C=O) groups excluding carboxylic acids is 1. The Kier molecular flexibility index (Phi) is 3.98. The van der Waals surface area contributed by atoms with Crippen molar-refractivity contribution >= 4 is 11.7 Å². The van der Waals surface area contributed by atoms with Crippen molar-refractivity contribution in [2.45, 2.75) is 12.8 Å². The number of hydrogen-bond acceptors (Lipinski definition) is 4. The van der Waals surface area contributed by atoms with Crippen LogP contribution in [0, 0.1) is 5.92 Å². The van der Waals surface area contributed by atoms with Crippen LogP contribution in [0.1, 0.15) is 12.0 Å². The molecule has 0 spiro atoms. The molecule has 92 valence electrons. The van der Waals surface area contributed by atoms with E-state index in [0.29, 0.717) is 24.8 Å². The van der Waals surface area contributed by atoms with E-state index in [-0.39, 0.29) is 12.4 Å². The highest BCUT2D eigenvalue weighted by Crippen LogP contribution is 2.14. The largest absolute Gasteiger partial charge is 0.465 e. The van der Waals surface area contributed by atoms with E-state index >= 15 is 0 Å². The Morgan fingerprint density at radius 2 is 2.29 bits per heavy atom. The van der Waals surface area contributed by atoms with Crippen molar-refractivity contribution in [1.29, 1.82) is 0 Å². The van der Waals surface area contributed by atoms with Crippen LogP contribution in [0.15, 0.2) is 24.3 Å². The molecule has 0 aromatic heterocycles. The number of esters is 1. The zero-order valence-electron chi connectivity index (χ0n) is 9.72. The van der Waals surface area contributed by atoms with E-state index in [1.54, 1.807) is 6.07 Å². The molecule has 17 heavy (non-hydrogen) atoms. The van der Waals surface area contributed by atoms with Crippen molar-refractivity contribution in [3.8, 4) is 0 Å². The fourth-order valence-electron chi connectivity index (χ4n) is 1.83. The zero-order chi connectivity index (χ0) is 12.1. The second-order valence-electron chi connectivity index (χ2n) is 4.29. The predicted octanol–water partition coefficient (Wildman–Crippen LogP) is 1.39. The maximum Gasteiger partial charge on any atom is 0.310 e. The molecule has 1 aliphatic rings. The molecule has 2 rings (SSSR count). The minimum atomic E-state index is -0.227. The van der Waals surface area contributed by atoms with Crippen LogP contribution in [0.4, 0.5) is 5.69 Å². The second-order valence-corrected chi connectivity index (χ2v) is 4.29. The van der Waals surface area contributed by atoms with Gasteiger partial charge in [0, 0.05) is 18.2 Å². The molecule has 1 aromatic carbocycles. The van der Waals surface area contributed by atoms with E-state index < -0.39 is 0 Å². The molecule has 0 amide bonds. The highest BCUT2D eigenvalue weighted by atomic mass is 16.5. The zero-order valence-corrected chi connectivity index (χ0v) is 9.72. The van der Waals surface area contributed by atoms with Gasteiger partial charge < -0.3 is 15.2 Å². The van der Waals surface area contributed by atoms with Crippen LogP contribution in [0.2, 0.25) is 0 Å². The molecule has 2 N–H and O–H groups in total. The SMILES string of the molecule is Nc1ccccc1CC(=O)OCC1CCOC1. The van der Waals surface area contributed by atoms with Gasteiger partial charge in [-0.15, -0.1) is 0 Å². The van der Waals surface area contributed by atoms with Crippen LogP contribution in [0.5, 0.6) is 0 Å². The highest BCUT2D eigenvalue weighted by Gasteiger charge is 2.17. The number of nitrogen functional groups attached to an aromatic ring is 1. The topological polar surface area (TPSA) is 61.6 Å². The van der Waals surface area contributed by atoms with Crippen molar-refractivity contribution in [1.82, 2.24) is 0 Å². The van der Waals surface area contributed by atoms with E-state index in [1.165, 1.54) is 0 Å². The summed E-state index contributed by atoms with van der Waals surface area (Å²) in [4.78, 5) is 11.6. The number of hydrogen-bond donors (Lipinski definition) is 1. The molecule has 4 nitrogen and oxygen atoms in total. The lowest BCUT2D eigenvalue weighted by molar-refractivity contribution is -0.144. The van der Waals surface area contributed by atoms with Crippen molar-refractivity contribution in [3.63, 3.8) is 0 Å². The Morgan fingerprint density at radius 3 is 3.00 bits per heavy atom. The number of ether oxygens (including phenoxy) is 2. The summed E-state index contributed by atoms with van der Waals surface area (Å²) in [5.74, 6) is 0.127. The van der Waals surface area contributed by atoms with Gasteiger partial charge >= 0.3 is 5.97 Å². The van der Waals surface area contributed by atoms with E-state index in [9.17, 15) is 4.79 Å². The molecular formula is C13H17NO3. The Balaban J connectivity index is 1.79. The summed E-state index contributed by atoms with van der Waals surface area (Å²) in [5, 5.41) is 0. The standard InChI is InChI=1S/C13H17NO3/c14-12-4-2-1-3-11(12)7-13(15)17-9-10-5-6-16-8-10/h1-4,10H,5-9,14H2. The minimum absolute atomic E-state index is 0.227. The van der Waals surface area contributed by atoms with Crippen LogP contribution in [0.3, 0.4) is 0 Å². The van der Waals surface area contributed by atoms with Gasteiger partial charge in [0.1, 0.15) is 0 Å². The first-order valence-electron chi connectivity index (χ1n) is 5.82. The third-order valence-corrected chi connectivity index (χ3v) is 2.89. The Bertz CT molecular complexity index is 386. The molecule has 1 atom stereocenters. The number of para-hydroxylation sites is 1. The monoisotopic (exact) mass is 235 g/mol. The lowest BCUT2D eigenvalue weighted by Gasteiger charge is -2.09. The molecule has 1 unspecified atom stereocenters. The predicted molar refractivity (Wildman–Crippen MR) is 64.4 cm³/mol. The van der Waals surface area contributed by atoms with Crippen molar-refractivity contribution in [3.05, 3.63) is 29.8 Å². The fraction of sp³-hybridized carbons (Fsp3) is 0.462. The van der Waals surface area contributed by atoms with E-state index in [4.69, 9.17) is 15.2 Å². The number of nitrogens with two attached hydrogens (primary N) is 1. The van der Waals surface area contributed by atoms with E-state index in [2.05, 4.69) is 0 Å². The summed E-state index contributed by atoms with van der Waals surface area (Å²) in [5.41, 5.74) is 7.21. The molecule has 0 radical (unpaired) electrons. The fourth-order valence-corrected chi connectivity index (χ4v) is 1.83. The van der Waals surface area contributed by atoms with Crippen LogP contribution in [-0.2, 0) is 20.7 Å². The van der Waals surface area contributed by atoms with Crippen molar-refractivity contribution < 1.29 is 14.3 Å². The van der Waals surface area contributed by atoms with Gasteiger partial charge in [0.15, 0.2) is 0 Å². The molecule has 1 fully saturated rings. The molecule has 1 saturated heterocycles. The Morgan fingerprint density at radius 1 is 1.47 bits per heavy atom. The maximum atomic E-state index is 11.6. The van der Waals surface area contributed by atoms with E-state index in [1.807, 2.05) is 18.2 Å². The second kappa shape index (κ2) is 5.68. The van der Waals surface area contributed by atoms with Crippen molar-refractivity contribution in [2.75, 3.05) is 25.6 Å². The van der Waals surface area contributed by atoms with Gasteiger partial charge in [0.05, 0.1) is 19.6 Å². The first-order valence-corrected chi connectivity index (χ1v) is 5.82. The van der Waals surface area contributed by atoms with E-state index in [0.717, 1.165) is 18.6 Å². The van der Waals surface area contributed by atoms with Crippen LogP contribution < -0.4 is 5.73 Å². The number of benzene rings is 1. The number of carbonyl (C=O) groups is 1. The normalized spacial score (nSPS) is 19.2. The summed E-state index contributed by atoms with van der Waals surface area (Å²) in [6, 6.07) is 7.34. The lowest BCUT2D eigenvalue weighted by Crippen LogP contribution is -2.16. The summed E-state index contributed by atoms with van der Waals surface area (Å²) in [6.07, 6.45) is 1.21.